The first kappa shape index (κ1) is 10.2. The highest BCUT2D eigenvalue weighted by molar-refractivity contribution is 5.57. The molecule has 66 valence electrons. The zero-order valence-electron chi connectivity index (χ0n) is 6.87. The fourth-order valence-corrected chi connectivity index (χ4v) is 0.827. The van der Waals surface area contributed by atoms with Crippen molar-refractivity contribution in [1.29, 1.82) is 0 Å². The molecule has 0 aromatic heterocycles. The maximum atomic E-state index is 10.1. The normalized spacial score (nSPS) is 12.5. The van der Waals surface area contributed by atoms with Crippen molar-refractivity contribution < 1.29 is 19.4 Å². The van der Waals surface area contributed by atoms with Crippen molar-refractivity contribution >= 4 is 6.16 Å². The Morgan fingerprint density at radius 3 is 2.64 bits per heavy atom. The first-order valence-electron chi connectivity index (χ1n) is 3.59. The van der Waals surface area contributed by atoms with E-state index in [1.807, 2.05) is 6.92 Å². The van der Waals surface area contributed by atoms with Crippen LogP contribution in [-0.4, -0.2) is 31.1 Å². The van der Waals surface area contributed by atoms with Gasteiger partial charge in [0.15, 0.2) is 0 Å². The van der Waals surface area contributed by atoms with Crippen molar-refractivity contribution in [3.63, 3.8) is 0 Å². The molecule has 11 heavy (non-hydrogen) atoms. The van der Waals surface area contributed by atoms with Crippen molar-refractivity contribution in [3.8, 4) is 0 Å². The lowest BCUT2D eigenvalue weighted by molar-refractivity contribution is 0.00805. The second-order valence-corrected chi connectivity index (χ2v) is 2.25. The third-order valence-electron chi connectivity index (χ3n) is 1.23. The summed E-state index contributed by atoms with van der Waals surface area (Å²) < 4.78 is 9.29. The van der Waals surface area contributed by atoms with Crippen molar-refractivity contribution in [2.75, 3.05) is 13.7 Å². The monoisotopic (exact) mass is 162 g/mol. The zero-order chi connectivity index (χ0) is 8.69. The number of hydrogen-bond donors (Lipinski definition) is 1. The fraction of sp³-hybridized carbons (Fsp3) is 0.857. The summed E-state index contributed by atoms with van der Waals surface area (Å²) in [5.74, 6) is 0. The molecule has 1 N–H and O–H groups in total. The quantitative estimate of drug-likeness (QED) is 0.622. The fourth-order valence-electron chi connectivity index (χ4n) is 0.827. The molecule has 0 saturated heterocycles. The number of hydrogen-bond acceptors (Lipinski definition) is 3. The second kappa shape index (κ2) is 5.97. The van der Waals surface area contributed by atoms with E-state index in [4.69, 9.17) is 9.84 Å². The van der Waals surface area contributed by atoms with Crippen molar-refractivity contribution in [3.05, 3.63) is 0 Å². The van der Waals surface area contributed by atoms with Crippen LogP contribution in [0.15, 0.2) is 0 Å². The van der Waals surface area contributed by atoms with E-state index in [-0.39, 0.29) is 6.10 Å². The van der Waals surface area contributed by atoms with Crippen LogP contribution in [0.2, 0.25) is 0 Å². The summed E-state index contributed by atoms with van der Waals surface area (Å²) >= 11 is 0. The van der Waals surface area contributed by atoms with Crippen molar-refractivity contribution in [2.24, 2.45) is 0 Å². The first-order valence-corrected chi connectivity index (χ1v) is 3.59. The number of carboxylic acid groups (broad SMARTS) is 1. The van der Waals surface area contributed by atoms with E-state index in [1.54, 1.807) is 0 Å². The summed E-state index contributed by atoms with van der Waals surface area (Å²) in [7, 11) is 1.52. The number of ether oxygens (including phenoxy) is 2. The summed E-state index contributed by atoms with van der Waals surface area (Å²) in [5.41, 5.74) is 0. The van der Waals surface area contributed by atoms with E-state index in [0.29, 0.717) is 13.0 Å². The van der Waals surface area contributed by atoms with Crippen LogP contribution >= 0.6 is 0 Å². The van der Waals surface area contributed by atoms with Gasteiger partial charge in [-0.2, -0.15) is 0 Å². The third kappa shape index (κ3) is 5.66. The summed E-state index contributed by atoms with van der Waals surface area (Å²) in [6.07, 6.45) is 0.0459. The van der Waals surface area contributed by atoms with Crippen LogP contribution < -0.4 is 0 Å². The molecule has 0 heterocycles. The molecule has 0 aromatic carbocycles. The maximum Gasteiger partial charge on any atom is 0.506 e. The molecule has 0 fully saturated rings. The van der Waals surface area contributed by atoms with Gasteiger partial charge in [-0.05, 0) is 6.42 Å². The number of methoxy groups -OCH3 is 1. The van der Waals surface area contributed by atoms with E-state index in [9.17, 15) is 4.79 Å². The van der Waals surface area contributed by atoms with Gasteiger partial charge in [-0.1, -0.05) is 13.3 Å². The Kier molecular flexibility index (Phi) is 5.56. The Hall–Kier alpha value is -0.770. The molecule has 0 bridgehead atoms. The summed E-state index contributed by atoms with van der Waals surface area (Å²) in [6.45, 7) is 2.30. The zero-order valence-corrected chi connectivity index (χ0v) is 6.87. The average Bonchev–Trinajstić information content (AvgIpc) is 1.87. The molecule has 1 unspecified atom stereocenters. The standard InChI is InChI=1S/C7H14O4/c1-3-4-6(5-10-2)11-7(8)9/h6H,3-5H2,1-2H3,(H,8,9). The highest BCUT2D eigenvalue weighted by Crippen LogP contribution is 2.02. The first-order chi connectivity index (χ1) is 5.20. The molecular formula is C7H14O4. The summed E-state index contributed by atoms with van der Waals surface area (Å²) in [5, 5.41) is 8.26. The lowest BCUT2D eigenvalue weighted by atomic mass is 10.2. The van der Waals surface area contributed by atoms with Crippen molar-refractivity contribution in [1.82, 2.24) is 0 Å². The number of carbonyl (C=O) groups is 1. The molecule has 4 nitrogen and oxygen atoms in total. The maximum absolute atomic E-state index is 10.1. The minimum atomic E-state index is -1.24. The average molecular weight is 162 g/mol. The summed E-state index contributed by atoms with van der Waals surface area (Å²) in [6, 6.07) is 0. The molecule has 0 amide bonds. The molecule has 0 saturated carbocycles. The molecular weight excluding hydrogens is 148 g/mol. The van der Waals surface area contributed by atoms with E-state index >= 15 is 0 Å². The second-order valence-electron chi connectivity index (χ2n) is 2.25. The van der Waals surface area contributed by atoms with Gasteiger partial charge in [0, 0.05) is 7.11 Å². The van der Waals surface area contributed by atoms with Gasteiger partial charge in [-0.15, -0.1) is 0 Å². The molecule has 0 rings (SSSR count). The minimum absolute atomic E-state index is 0.317. The molecule has 0 aliphatic carbocycles. The molecule has 0 aliphatic rings. The van der Waals surface area contributed by atoms with Gasteiger partial charge in [0.05, 0.1) is 6.61 Å². The Morgan fingerprint density at radius 2 is 2.27 bits per heavy atom. The Morgan fingerprint density at radius 1 is 1.64 bits per heavy atom. The largest absolute Gasteiger partial charge is 0.506 e. The van der Waals surface area contributed by atoms with Crippen LogP contribution in [0.5, 0.6) is 0 Å². The highest BCUT2D eigenvalue weighted by atomic mass is 16.7. The van der Waals surface area contributed by atoms with Crippen molar-refractivity contribution in [2.45, 2.75) is 25.9 Å². The smallest absolute Gasteiger partial charge is 0.450 e. The van der Waals surface area contributed by atoms with Crippen LogP contribution in [0.1, 0.15) is 19.8 Å². The Bertz CT molecular complexity index is 107. The van der Waals surface area contributed by atoms with E-state index in [1.165, 1.54) is 7.11 Å². The Labute approximate surface area is 66.1 Å². The minimum Gasteiger partial charge on any atom is -0.450 e. The van der Waals surface area contributed by atoms with E-state index in [2.05, 4.69) is 4.74 Å². The van der Waals surface area contributed by atoms with Crippen LogP contribution in [0, 0.1) is 0 Å². The van der Waals surface area contributed by atoms with Gasteiger partial charge in [-0.3, -0.25) is 0 Å². The predicted molar refractivity (Wildman–Crippen MR) is 39.7 cm³/mol. The third-order valence-corrected chi connectivity index (χ3v) is 1.23. The molecule has 0 radical (unpaired) electrons. The Balaban J connectivity index is 3.59. The predicted octanol–water partition coefficient (Wildman–Crippen LogP) is 1.50. The van der Waals surface area contributed by atoms with Gasteiger partial charge < -0.3 is 14.6 Å². The van der Waals surface area contributed by atoms with Gasteiger partial charge in [0.1, 0.15) is 6.10 Å². The molecule has 1 atom stereocenters. The lowest BCUT2D eigenvalue weighted by Crippen LogP contribution is -2.21. The van der Waals surface area contributed by atoms with E-state index in [0.717, 1.165) is 6.42 Å². The SMILES string of the molecule is CCCC(COC)OC(=O)O. The molecule has 0 aliphatic heterocycles. The topological polar surface area (TPSA) is 55.8 Å². The summed E-state index contributed by atoms with van der Waals surface area (Å²) in [4.78, 5) is 10.1. The van der Waals surface area contributed by atoms with Crippen LogP contribution in [0.3, 0.4) is 0 Å². The van der Waals surface area contributed by atoms with Gasteiger partial charge in [0.25, 0.3) is 0 Å². The lowest BCUT2D eigenvalue weighted by Gasteiger charge is -2.13. The molecule has 0 spiro atoms. The highest BCUT2D eigenvalue weighted by Gasteiger charge is 2.11. The molecule has 0 aromatic rings. The van der Waals surface area contributed by atoms with Gasteiger partial charge >= 0.3 is 6.16 Å². The van der Waals surface area contributed by atoms with Gasteiger partial charge in [0.2, 0.25) is 0 Å². The number of rotatable bonds is 5. The van der Waals surface area contributed by atoms with E-state index < -0.39 is 6.16 Å². The van der Waals surface area contributed by atoms with Gasteiger partial charge in [-0.25, -0.2) is 4.79 Å². The van der Waals surface area contributed by atoms with Crippen LogP contribution in [-0.2, 0) is 9.47 Å². The van der Waals surface area contributed by atoms with Crippen LogP contribution in [0.25, 0.3) is 0 Å². The molecule has 4 heteroatoms. The van der Waals surface area contributed by atoms with Crippen LogP contribution in [0.4, 0.5) is 4.79 Å².